The third kappa shape index (κ3) is 3.33. The number of nitrogens with two attached hydrogens (primary N) is 1. The monoisotopic (exact) mass is 359 g/mol. The molecule has 4 nitrogen and oxygen atoms in total. The summed E-state index contributed by atoms with van der Waals surface area (Å²) in [5.74, 6) is -0.286. The van der Waals surface area contributed by atoms with E-state index in [2.05, 4.69) is 26.2 Å². The second kappa shape index (κ2) is 6.00. The lowest BCUT2D eigenvalue weighted by atomic mass is 10.3. The van der Waals surface area contributed by atoms with Gasteiger partial charge >= 0.3 is 0 Å². The van der Waals surface area contributed by atoms with Crippen molar-refractivity contribution in [2.45, 2.75) is 13.0 Å². The second-order valence-corrected chi connectivity index (χ2v) is 6.01. The number of carbonyl (C=O) groups excluding carboxylic acids is 1. The number of nitrogens with one attached hydrogen (secondary N) is 1. The number of thiazole rings is 1. The molecule has 1 aromatic carbocycles. The van der Waals surface area contributed by atoms with Crippen LogP contribution in [0.5, 0.6) is 0 Å². The normalized spacial score (nSPS) is 12.2. The van der Waals surface area contributed by atoms with Crippen molar-refractivity contribution >= 4 is 50.5 Å². The van der Waals surface area contributed by atoms with Crippen molar-refractivity contribution < 1.29 is 4.79 Å². The van der Waals surface area contributed by atoms with Crippen molar-refractivity contribution in [3.05, 3.63) is 43.8 Å². The number of amides is 1. The van der Waals surface area contributed by atoms with Gasteiger partial charge < -0.3 is 11.1 Å². The molecule has 0 aliphatic heterocycles. The van der Waals surface area contributed by atoms with E-state index in [1.165, 1.54) is 11.3 Å². The maximum absolute atomic E-state index is 12.0. The lowest BCUT2D eigenvalue weighted by Gasteiger charge is -2.06. The number of hydrogen-bond acceptors (Lipinski definition) is 4. The quantitative estimate of drug-likeness (QED) is 0.874. The van der Waals surface area contributed by atoms with Crippen LogP contribution in [0.15, 0.2) is 28.1 Å². The van der Waals surface area contributed by atoms with Crippen molar-refractivity contribution in [1.29, 1.82) is 0 Å². The lowest BCUT2D eigenvalue weighted by molar-refractivity contribution is 0.102. The molecule has 3 N–H and O–H groups in total. The maximum atomic E-state index is 12.0. The van der Waals surface area contributed by atoms with Crippen LogP contribution < -0.4 is 11.1 Å². The summed E-state index contributed by atoms with van der Waals surface area (Å²) in [4.78, 5) is 16.2. The first-order valence-corrected chi connectivity index (χ1v) is 7.50. The molecule has 1 aromatic heterocycles. The van der Waals surface area contributed by atoms with Gasteiger partial charge in [-0.3, -0.25) is 4.79 Å². The Bertz CT molecular complexity index is 615. The first-order chi connectivity index (χ1) is 8.99. The zero-order chi connectivity index (χ0) is 14.0. The van der Waals surface area contributed by atoms with E-state index < -0.39 is 0 Å². The Morgan fingerprint density at radius 3 is 2.95 bits per heavy atom. The summed E-state index contributed by atoms with van der Waals surface area (Å²) in [7, 11) is 0. The SMILES string of the molecule is CC(N)c1nc(C(=O)Nc2cccc(Cl)c2Br)cs1. The molecular formula is C12H11BrClN3OS. The third-order valence-corrected chi connectivity index (χ3v) is 4.79. The number of hydrogen-bond donors (Lipinski definition) is 2. The number of rotatable bonds is 3. The molecule has 0 radical (unpaired) electrons. The van der Waals surface area contributed by atoms with E-state index in [9.17, 15) is 4.79 Å². The van der Waals surface area contributed by atoms with Crippen molar-refractivity contribution in [2.75, 3.05) is 5.32 Å². The Labute approximate surface area is 128 Å². The molecule has 0 aliphatic rings. The van der Waals surface area contributed by atoms with Crippen molar-refractivity contribution in [3.63, 3.8) is 0 Å². The van der Waals surface area contributed by atoms with Gasteiger partial charge in [-0.2, -0.15) is 0 Å². The van der Waals surface area contributed by atoms with Crippen molar-refractivity contribution in [1.82, 2.24) is 4.98 Å². The molecule has 1 heterocycles. The van der Waals surface area contributed by atoms with Gasteiger partial charge in [-0.1, -0.05) is 17.7 Å². The molecule has 0 saturated heterocycles. The number of aromatic nitrogens is 1. The molecule has 19 heavy (non-hydrogen) atoms. The highest BCUT2D eigenvalue weighted by Crippen LogP contribution is 2.30. The standard InChI is InChI=1S/C12H11BrClN3OS/c1-6(15)12-17-9(5-19-12)11(18)16-8-4-2-3-7(14)10(8)13/h2-6H,15H2,1H3,(H,16,18). The highest BCUT2D eigenvalue weighted by atomic mass is 79.9. The van der Waals surface area contributed by atoms with E-state index in [-0.39, 0.29) is 11.9 Å². The fraction of sp³-hybridized carbons (Fsp3) is 0.167. The predicted octanol–water partition coefficient (Wildman–Crippen LogP) is 3.83. The predicted molar refractivity (Wildman–Crippen MR) is 81.8 cm³/mol. The maximum Gasteiger partial charge on any atom is 0.275 e. The highest BCUT2D eigenvalue weighted by molar-refractivity contribution is 9.10. The smallest absolute Gasteiger partial charge is 0.275 e. The van der Waals surface area contributed by atoms with Crippen LogP contribution in [0, 0.1) is 0 Å². The summed E-state index contributed by atoms with van der Waals surface area (Å²) in [6.07, 6.45) is 0. The summed E-state index contributed by atoms with van der Waals surface area (Å²) in [6, 6.07) is 5.08. The summed E-state index contributed by atoms with van der Waals surface area (Å²) >= 11 is 10.7. The van der Waals surface area contributed by atoms with Crippen LogP contribution in [0.2, 0.25) is 5.02 Å². The zero-order valence-corrected chi connectivity index (χ0v) is 13.1. The molecule has 2 rings (SSSR count). The molecule has 0 aliphatic carbocycles. The fourth-order valence-electron chi connectivity index (χ4n) is 1.39. The van der Waals surface area contributed by atoms with Crippen LogP contribution in [0.25, 0.3) is 0 Å². The number of anilines is 1. The van der Waals surface area contributed by atoms with Crippen molar-refractivity contribution in [2.24, 2.45) is 5.73 Å². The molecule has 7 heteroatoms. The van der Waals surface area contributed by atoms with Crippen LogP contribution in [-0.2, 0) is 0 Å². The third-order valence-electron chi connectivity index (χ3n) is 2.34. The van der Waals surface area contributed by atoms with Crippen molar-refractivity contribution in [3.8, 4) is 0 Å². The molecule has 0 fully saturated rings. The second-order valence-electron chi connectivity index (χ2n) is 3.92. The van der Waals surface area contributed by atoms with Crippen LogP contribution in [0.4, 0.5) is 5.69 Å². The minimum absolute atomic E-state index is 0.176. The van der Waals surface area contributed by atoms with Gasteiger partial charge in [0.25, 0.3) is 5.91 Å². The number of benzene rings is 1. The van der Waals surface area contributed by atoms with Gasteiger partial charge in [0.1, 0.15) is 10.7 Å². The highest BCUT2D eigenvalue weighted by Gasteiger charge is 2.14. The van der Waals surface area contributed by atoms with E-state index in [0.29, 0.717) is 20.9 Å². The summed E-state index contributed by atoms with van der Waals surface area (Å²) in [5, 5.41) is 5.71. The molecule has 1 amide bonds. The van der Waals surface area contributed by atoms with Gasteiger partial charge in [0, 0.05) is 5.38 Å². The van der Waals surface area contributed by atoms with Gasteiger partial charge in [-0.25, -0.2) is 4.98 Å². The summed E-state index contributed by atoms with van der Waals surface area (Å²) in [6.45, 7) is 1.83. The molecule has 0 saturated carbocycles. The number of carbonyl (C=O) groups is 1. The first kappa shape index (κ1) is 14.5. The van der Waals surface area contributed by atoms with Gasteiger partial charge in [0.05, 0.1) is 21.2 Å². The molecule has 0 spiro atoms. The molecule has 1 atom stereocenters. The zero-order valence-electron chi connectivity index (χ0n) is 9.98. The van der Waals surface area contributed by atoms with E-state index >= 15 is 0 Å². The van der Waals surface area contributed by atoms with Gasteiger partial charge in [-0.15, -0.1) is 11.3 Å². The summed E-state index contributed by atoms with van der Waals surface area (Å²) < 4.78 is 0.646. The Kier molecular flexibility index (Phi) is 4.57. The molecular weight excluding hydrogens is 350 g/mol. The van der Waals surface area contributed by atoms with E-state index in [1.807, 2.05) is 6.92 Å². The summed E-state index contributed by atoms with van der Waals surface area (Å²) in [5.41, 5.74) is 6.67. The van der Waals surface area contributed by atoms with Crippen LogP contribution in [0.3, 0.4) is 0 Å². The minimum Gasteiger partial charge on any atom is -0.322 e. The molecule has 1 unspecified atom stereocenters. The van der Waals surface area contributed by atoms with E-state index in [1.54, 1.807) is 23.6 Å². The molecule has 100 valence electrons. The Balaban J connectivity index is 2.18. The van der Waals surface area contributed by atoms with Gasteiger partial charge in [0.2, 0.25) is 0 Å². The van der Waals surface area contributed by atoms with E-state index in [0.717, 1.165) is 5.01 Å². The van der Waals surface area contributed by atoms with E-state index in [4.69, 9.17) is 17.3 Å². The van der Waals surface area contributed by atoms with Crippen LogP contribution >= 0.6 is 38.9 Å². The average molecular weight is 361 g/mol. The fourth-order valence-corrected chi connectivity index (χ4v) is 2.68. The number of halogens is 2. The van der Waals surface area contributed by atoms with Crippen LogP contribution in [0.1, 0.15) is 28.5 Å². The number of nitrogens with zero attached hydrogens (tertiary/aromatic N) is 1. The molecule has 2 aromatic rings. The van der Waals surface area contributed by atoms with Gasteiger partial charge in [-0.05, 0) is 35.0 Å². The molecule has 0 bridgehead atoms. The lowest BCUT2D eigenvalue weighted by Crippen LogP contribution is -2.13. The Hall–Kier alpha value is -0.950. The first-order valence-electron chi connectivity index (χ1n) is 5.45. The van der Waals surface area contributed by atoms with Crippen LogP contribution in [-0.4, -0.2) is 10.9 Å². The Morgan fingerprint density at radius 1 is 1.58 bits per heavy atom. The average Bonchev–Trinajstić information content (AvgIpc) is 2.84. The Morgan fingerprint density at radius 2 is 2.32 bits per heavy atom. The van der Waals surface area contributed by atoms with Gasteiger partial charge in [0.15, 0.2) is 0 Å². The minimum atomic E-state index is -0.286. The topological polar surface area (TPSA) is 68.0 Å². The largest absolute Gasteiger partial charge is 0.322 e.